The number of benzene rings is 1. The molecule has 0 unspecified atom stereocenters. The summed E-state index contributed by atoms with van der Waals surface area (Å²) < 4.78 is 0. The Morgan fingerprint density at radius 1 is 1.32 bits per heavy atom. The molecule has 1 aromatic rings. The van der Waals surface area contributed by atoms with Crippen LogP contribution in [-0.2, 0) is 4.79 Å². The van der Waals surface area contributed by atoms with E-state index in [4.69, 9.17) is 11.6 Å². The molecule has 0 aliphatic carbocycles. The average molecular weight is 282 g/mol. The molecule has 2 N–H and O–H groups in total. The molecule has 1 saturated heterocycles. The van der Waals surface area contributed by atoms with E-state index in [9.17, 15) is 4.79 Å². The molecule has 0 spiro atoms. The maximum absolute atomic E-state index is 12.1. The fourth-order valence-electron chi connectivity index (χ4n) is 3.05. The minimum absolute atomic E-state index is 0.0457. The van der Waals surface area contributed by atoms with Crippen molar-refractivity contribution in [2.45, 2.75) is 20.3 Å². The molecule has 3 nitrogen and oxygen atoms in total. The highest BCUT2D eigenvalue weighted by Gasteiger charge is 2.26. The summed E-state index contributed by atoms with van der Waals surface area (Å²) >= 11 is 6.04. The summed E-state index contributed by atoms with van der Waals surface area (Å²) in [5.41, 5.74) is 0.701. The Morgan fingerprint density at radius 2 is 1.95 bits per heavy atom. The van der Waals surface area contributed by atoms with E-state index >= 15 is 0 Å². The number of para-hydroxylation sites is 1. The van der Waals surface area contributed by atoms with Crippen molar-refractivity contribution in [1.29, 1.82) is 0 Å². The van der Waals surface area contributed by atoms with E-state index in [2.05, 4.69) is 19.2 Å². The lowest BCUT2D eigenvalue weighted by atomic mass is 9.92. The van der Waals surface area contributed by atoms with Crippen LogP contribution in [0.5, 0.6) is 0 Å². The molecule has 1 fully saturated rings. The first-order chi connectivity index (χ1) is 9.04. The maximum atomic E-state index is 12.1. The fourth-order valence-corrected chi connectivity index (χ4v) is 3.23. The van der Waals surface area contributed by atoms with Gasteiger partial charge in [-0.2, -0.15) is 0 Å². The summed E-state index contributed by atoms with van der Waals surface area (Å²) in [6, 6.07) is 7.35. The van der Waals surface area contributed by atoms with Crippen LogP contribution in [0.15, 0.2) is 24.3 Å². The normalized spacial score (nSPS) is 27.0. The molecular weight excluding hydrogens is 260 g/mol. The fraction of sp³-hybridized carbons (Fsp3) is 0.533. The van der Waals surface area contributed by atoms with E-state index in [1.54, 1.807) is 6.07 Å². The summed E-state index contributed by atoms with van der Waals surface area (Å²) in [6.07, 6.45) is 1.27. The highest BCUT2D eigenvalue weighted by molar-refractivity contribution is 6.33. The molecule has 0 saturated carbocycles. The molecule has 2 rings (SSSR count). The van der Waals surface area contributed by atoms with Crippen LogP contribution in [0.25, 0.3) is 0 Å². The van der Waals surface area contributed by atoms with Gasteiger partial charge in [0.15, 0.2) is 6.54 Å². The Hall–Kier alpha value is -1.06. The summed E-state index contributed by atoms with van der Waals surface area (Å²) in [6.45, 7) is 7.23. The zero-order valence-electron chi connectivity index (χ0n) is 11.6. The zero-order chi connectivity index (χ0) is 13.8. The summed E-state index contributed by atoms with van der Waals surface area (Å²) in [4.78, 5) is 13.4. The Bertz CT molecular complexity index is 440. The summed E-state index contributed by atoms with van der Waals surface area (Å²) in [5.74, 6) is 1.45. The molecule has 19 heavy (non-hydrogen) atoms. The number of carbonyl (C=O) groups is 1. The number of amides is 1. The van der Waals surface area contributed by atoms with Gasteiger partial charge in [-0.15, -0.1) is 0 Å². The van der Waals surface area contributed by atoms with Gasteiger partial charge in [0.25, 0.3) is 5.91 Å². The number of anilines is 1. The van der Waals surface area contributed by atoms with Gasteiger partial charge in [-0.3, -0.25) is 4.79 Å². The second-order valence-corrected chi connectivity index (χ2v) is 6.22. The SMILES string of the molecule is C[C@@H]1C[C@@H](C)C[NH+](CC(=O)Nc2ccccc2Cl)C1. The monoisotopic (exact) mass is 281 g/mol. The third-order valence-electron chi connectivity index (χ3n) is 3.64. The highest BCUT2D eigenvalue weighted by atomic mass is 35.5. The molecule has 1 aliphatic heterocycles. The molecule has 1 amide bonds. The number of hydrogen-bond acceptors (Lipinski definition) is 1. The quantitative estimate of drug-likeness (QED) is 0.871. The Morgan fingerprint density at radius 3 is 2.58 bits per heavy atom. The molecule has 4 heteroatoms. The van der Waals surface area contributed by atoms with Crippen LogP contribution < -0.4 is 10.2 Å². The minimum Gasteiger partial charge on any atom is -0.327 e. The van der Waals surface area contributed by atoms with Crippen LogP contribution in [-0.4, -0.2) is 25.5 Å². The summed E-state index contributed by atoms with van der Waals surface area (Å²) in [5, 5.41) is 3.48. The lowest BCUT2D eigenvalue weighted by molar-refractivity contribution is -0.904. The van der Waals surface area contributed by atoms with Crippen LogP contribution in [0.2, 0.25) is 5.02 Å². The van der Waals surface area contributed by atoms with E-state index in [-0.39, 0.29) is 5.91 Å². The molecule has 0 radical (unpaired) electrons. The first-order valence-corrected chi connectivity index (χ1v) is 7.30. The standard InChI is InChI=1S/C15H21ClN2O/c1-11-7-12(2)9-18(8-11)10-15(19)17-14-6-4-3-5-13(14)16/h3-6,11-12H,7-10H2,1-2H3,(H,17,19)/p+1/t11-,12-/m1/s1. The third-order valence-corrected chi connectivity index (χ3v) is 3.97. The van der Waals surface area contributed by atoms with Crippen molar-refractivity contribution in [3.8, 4) is 0 Å². The van der Waals surface area contributed by atoms with Gasteiger partial charge in [-0.25, -0.2) is 0 Å². The van der Waals surface area contributed by atoms with Crippen molar-refractivity contribution >= 4 is 23.2 Å². The molecule has 0 bridgehead atoms. The first kappa shape index (κ1) is 14.4. The van der Waals surface area contributed by atoms with Gasteiger partial charge in [0.2, 0.25) is 0 Å². The number of rotatable bonds is 3. The van der Waals surface area contributed by atoms with Crippen molar-refractivity contribution in [1.82, 2.24) is 0 Å². The molecule has 1 aromatic carbocycles. The largest absolute Gasteiger partial charge is 0.327 e. The number of piperidine rings is 1. The number of likely N-dealkylation sites (tertiary alicyclic amines) is 1. The average Bonchev–Trinajstić information content (AvgIpc) is 2.30. The zero-order valence-corrected chi connectivity index (χ0v) is 12.3. The van der Waals surface area contributed by atoms with Crippen LogP contribution in [0, 0.1) is 11.8 Å². The van der Waals surface area contributed by atoms with Crippen LogP contribution in [0.3, 0.4) is 0 Å². The number of carbonyl (C=O) groups excluding carboxylic acids is 1. The second-order valence-electron chi connectivity index (χ2n) is 5.81. The predicted molar refractivity (Wildman–Crippen MR) is 78.6 cm³/mol. The molecule has 104 valence electrons. The van der Waals surface area contributed by atoms with Crippen molar-refractivity contribution in [3.05, 3.63) is 29.3 Å². The molecule has 2 atom stereocenters. The van der Waals surface area contributed by atoms with E-state index in [1.807, 2.05) is 18.2 Å². The van der Waals surface area contributed by atoms with E-state index in [0.29, 0.717) is 29.1 Å². The lowest BCUT2D eigenvalue weighted by Crippen LogP contribution is -3.15. The molecule has 0 aromatic heterocycles. The molecule has 1 heterocycles. The van der Waals surface area contributed by atoms with Crippen molar-refractivity contribution < 1.29 is 9.69 Å². The minimum atomic E-state index is 0.0457. The van der Waals surface area contributed by atoms with E-state index in [1.165, 1.54) is 11.3 Å². The Kier molecular flexibility index (Phi) is 4.83. The van der Waals surface area contributed by atoms with Crippen molar-refractivity contribution in [3.63, 3.8) is 0 Å². The van der Waals surface area contributed by atoms with Crippen LogP contribution in [0.4, 0.5) is 5.69 Å². The van der Waals surface area contributed by atoms with Gasteiger partial charge in [-0.1, -0.05) is 37.6 Å². The highest BCUT2D eigenvalue weighted by Crippen LogP contribution is 2.20. The summed E-state index contributed by atoms with van der Waals surface area (Å²) in [7, 11) is 0. The molecule has 1 aliphatic rings. The van der Waals surface area contributed by atoms with Crippen LogP contribution >= 0.6 is 11.6 Å². The van der Waals surface area contributed by atoms with E-state index < -0.39 is 0 Å². The Labute approximate surface area is 119 Å². The lowest BCUT2D eigenvalue weighted by Gasteiger charge is -2.31. The molecular formula is C15H22ClN2O+. The number of nitrogens with one attached hydrogen (secondary N) is 2. The first-order valence-electron chi connectivity index (χ1n) is 6.92. The Balaban J connectivity index is 1.89. The van der Waals surface area contributed by atoms with Gasteiger partial charge >= 0.3 is 0 Å². The third kappa shape index (κ3) is 4.22. The maximum Gasteiger partial charge on any atom is 0.279 e. The topological polar surface area (TPSA) is 33.5 Å². The number of hydrogen-bond donors (Lipinski definition) is 2. The predicted octanol–water partition coefficient (Wildman–Crippen LogP) is 1.84. The van der Waals surface area contributed by atoms with Gasteiger partial charge < -0.3 is 10.2 Å². The second kappa shape index (κ2) is 6.40. The van der Waals surface area contributed by atoms with Gasteiger partial charge in [0.1, 0.15) is 0 Å². The van der Waals surface area contributed by atoms with Gasteiger partial charge in [-0.05, 0) is 18.6 Å². The van der Waals surface area contributed by atoms with Gasteiger partial charge in [0.05, 0.1) is 23.8 Å². The van der Waals surface area contributed by atoms with Crippen LogP contribution in [0.1, 0.15) is 20.3 Å². The smallest absolute Gasteiger partial charge is 0.279 e. The van der Waals surface area contributed by atoms with Gasteiger partial charge in [0, 0.05) is 11.8 Å². The van der Waals surface area contributed by atoms with Crippen molar-refractivity contribution in [2.75, 3.05) is 25.0 Å². The van der Waals surface area contributed by atoms with Crippen molar-refractivity contribution in [2.24, 2.45) is 11.8 Å². The number of halogens is 1. The number of quaternary nitrogens is 1. The van der Waals surface area contributed by atoms with E-state index in [0.717, 1.165) is 13.1 Å².